The number of nitrogens with zero attached hydrogens (tertiary/aromatic N) is 3. The lowest BCUT2D eigenvalue weighted by Gasteiger charge is -2.33. The van der Waals surface area contributed by atoms with E-state index < -0.39 is 229 Å². The number of carboxylic acids is 1. The number of hydrogen-bond donors (Lipinski definition) is 18. The van der Waals surface area contributed by atoms with Crippen molar-refractivity contribution in [2.24, 2.45) is 17.4 Å². The number of carboxylic acid groups (broad SMARTS) is 1. The number of nitrogens with one attached hydrogen (secondary N) is 11. The van der Waals surface area contributed by atoms with Crippen LogP contribution in [0.1, 0.15) is 91.2 Å². The molecular weight excluding hydrogens is 1470 g/mol. The van der Waals surface area contributed by atoms with Crippen molar-refractivity contribution in [1.82, 2.24) is 73.2 Å². The summed E-state index contributed by atoms with van der Waals surface area (Å²) in [5.41, 5.74) is 13.8. The first-order chi connectivity index (χ1) is 52.5. The van der Waals surface area contributed by atoms with Crippen LogP contribution >= 0.6 is 11.8 Å². The first-order valence-electron chi connectivity index (χ1n) is 36.2. The molecule has 15 amide bonds. The highest BCUT2D eigenvalue weighted by atomic mass is 32.2. The number of thioether (sulfide) groups is 1. The van der Waals surface area contributed by atoms with Crippen molar-refractivity contribution >= 4 is 106 Å². The number of nitrogens with two attached hydrogens (primary N) is 2. The van der Waals surface area contributed by atoms with Gasteiger partial charge in [0.05, 0.1) is 44.1 Å². The van der Waals surface area contributed by atoms with Gasteiger partial charge in [-0.1, -0.05) is 98.8 Å². The number of fused-ring (bicyclic) bond motifs is 1. The number of carbonyl (C=O) groups is 16. The zero-order valence-electron chi connectivity index (χ0n) is 63.1. The molecule has 3 aromatic carbocycles. The van der Waals surface area contributed by atoms with Crippen LogP contribution in [-0.2, 0) is 89.6 Å². The molecule has 608 valence electrons. The predicted molar refractivity (Wildman–Crippen MR) is 401 cm³/mol. The number of rotatable bonds is 19. The summed E-state index contributed by atoms with van der Waals surface area (Å²) in [7, 11) is 2.36. The van der Waals surface area contributed by atoms with Gasteiger partial charge in [-0.15, -0.1) is 11.8 Å². The van der Waals surface area contributed by atoms with Crippen molar-refractivity contribution in [3.05, 3.63) is 96.1 Å². The van der Waals surface area contributed by atoms with Crippen LogP contribution < -0.4 is 70.0 Å². The van der Waals surface area contributed by atoms with Gasteiger partial charge in [-0.25, -0.2) is 0 Å². The van der Waals surface area contributed by atoms with E-state index in [2.05, 4.69) is 58.5 Å². The Hall–Kier alpha value is -10.7. The average molecular weight is 1570 g/mol. The van der Waals surface area contributed by atoms with E-state index in [4.69, 9.17) is 11.5 Å². The predicted octanol–water partition coefficient (Wildman–Crippen LogP) is -5.97. The molecule has 0 unspecified atom stereocenters. The smallest absolute Gasteiger partial charge is 0.305 e. The summed E-state index contributed by atoms with van der Waals surface area (Å²) in [5, 5.41) is 79.5. The van der Waals surface area contributed by atoms with Crippen LogP contribution in [0.5, 0.6) is 0 Å². The zero-order chi connectivity index (χ0) is 82.5. The molecular formula is C73H104N16O21S. The van der Waals surface area contributed by atoms with Crippen LogP contribution in [-0.4, -0.2) is 284 Å². The minimum atomic E-state index is -2.10. The van der Waals surface area contributed by atoms with Crippen molar-refractivity contribution < 1.29 is 102 Å². The third-order valence-corrected chi connectivity index (χ3v) is 19.7. The highest BCUT2D eigenvalue weighted by Crippen LogP contribution is 2.23. The quantitative estimate of drug-likeness (QED) is 0.0497. The second-order valence-corrected chi connectivity index (χ2v) is 28.5. The van der Waals surface area contributed by atoms with Gasteiger partial charge >= 0.3 is 5.97 Å². The molecule has 0 spiro atoms. The van der Waals surface area contributed by atoms with E-state index in [9.17, 15) is 102 Å². The number of aliphatic hydroxyl groups excluding tert-OH is 4. The van der Waals surface area contributed by atoms with Crippen LogP contribution in [0.3, 0.4) is 0 Å². The zero-order valence-corrected chi connectivity index (χ0v) is 63.9. The number of hydrogen-bond acceptors (Lipinski definition) is 22. The van der Waals surface area contributed by atoms with Crippen molar-refractivity contribution in [2.75, 3.05) is 58.4 Å². The maximum Gasteiger partial charge on any atom is 0.305 e. The second-order valence-electron chi connectivity index (χ2n) is 27.5. The standard InChI is InChI=1S/C73H104N16O21S/c1-38(2)58-68(105)79-49(32-57(96)97)66(103)85-60(42(6)93)70(107)86-59(41(5)92)69(106)82-51(34-90)72(109)88(8)40(4)62(99)80-50(31-44-24-26-46(27-25-44)45-20-13-10-14-21-45)71(108)87(7)39(3)61(98)78-47(22-15-16-28-74)64(101)81-52(35-91)73(110)89-29-17-23-54(89)67(104)83-53(63(100)76-33-55(75)94)36-111-37-56(95)77-48(65(102)84-58)30-43-18-11-9-12-19-43/h9-14,18-21,24-27,38-42,47-54,58-60,90-93H,15-17,22-23,28-37,74H2,1-8H3,(H2,75,94)(H,76,100)(H,77,95)(H,78,98)(H,79,105)(H,80,99)(H,81,101)(H,82,106)(H,83,104)(H,84,102)(H,85,103)(H,86,107)(H,96,97)/t39-,40-,41+,42+,47-,48-,49-,50-,51-,52-,53-,54-,58-,59-,60-/m0/s1. The largest absolute Gasteiger partial charge is 0.481 e. The highest BCUT2D eigenvalue weighted by Gasteiger charge is 2.43. The Balaban J connectivity index is 1.55. The van der Waals surface area contributed by atoms with Crippen molar-refractivity contribution in [1.29, 1.82) is 0 Å². The van der Waals surface area contributed by atoms with Gasteiger partial charge in [-0.2, -0.15) is 0 Å². The molecule has 0 aromatic heterocycles. The number of likely N-dealkylation sites (N-methyl/N-ethyl adjacent to an activating group) is 2. The molecule has 0 bridgehead atoms. The molecule has 3 aromatic rings. The molecule has 15 atom stereocenters. The molecule has 0 radical (unpaired) electrons. The number of primary amides is 1. The SMILES string of the molecule is CC(C)[C@@H]1NC(=O)[C@H](Cc2ccccc2)NC(=O)CSC[C@@H](C(=O)NCC(N)=O)NC(=O)[C@@H]2CCCN2C(=O)[C@H](CO)NC(=O)[C@H](CCCCN)NC(=O)[C@H](C)N(C)C(=O)[C@H](Cc2ccc(-c3ccccc3)cc2)NC(=O)[C@H](C)N(C)C(=O)[C@H](CO)NC(=O)[C@H]([C@@H](C)O)NC(=O)[C@H]([C@@H](C)O)NC(=O)[C@H](CC(=O)O)NC1=O. The number of aliphatic hydroxyl groups is 4. The number of unbranched alkanes of at least 4 members (excludes halogenated alkanes) is 1. The number of aliphatic carboxylic acids is 1. The second kappa shape index (κ2) is 44.2. The van der Waals surface area contributed by atoms with Gasteiger partial charge in [0.2, 0.25) is 88.6 Å². The Labute approximate surface area is 645 Å². The van der Waals surface area contributed by atoms with Crippen molar-refractivity contribution in [2.45, 2.75) is 184 Å². The highest BCUT2D eigenvalue weighted by molar-refractivity contribution is 8.00. The first-order valence-corrected chi connectivity index (χ1v) is 37.4. The molecule has 0 aliphatic carbocycles. The van der Waals surface area contributed by atoms with Crippen LogP contribution in [0.15, 0.2) is 84.9 Å². The molecule has 37 nitrogen and oxygen atoms in total. The van der Waals surface area contributed by atoms with E-state index in [1.165, 1.54) is 34.7 Å². The Morgan fingerprint density at radius 3 is 1.54 bits per heavy atom. The average Bonchev–Trinajstić information content (AvgIpc) is 1.81. The van der Waals surface area contributed by atoms with Gasteiger partial charge < -0.3 is 110 Å². The Morgan fingerprint density at radius 2 is 0.991 bits per heavy atom. The maximum absolute atomic E-state index is 14.9. The van der Waals surface area contributed by atoms with Gasteiger partial charge in [-0.05, 0) is 94.5 Å². The minimum absolute atomic E-state index is 0.00293. The summed E-state index contributed by atoms with van der Waals surface area (Å²) in [4.78, 5) is 227. The Morgan fingerprint density at radius 1 is 0.532 bits per heavy atom. The molecule has 2 saturated heterocycles. The van der Waals surface area contributed by atoms with E-state index in [0.717, 1.165) is 58.5 Å². The summed E-state index contributed by atoms with van der Waals surface area (Å²) in [6, 6.07) is 2.59. The lowest BCUT2D eigenvalue weighted by molar-refractivity contribution is -0.145. The topological polar surface area (TPSA) is 568 Å². The normalized spacial score (nSPS) is 25.8. The number of benzene rings is 3. The number of carbonyl (C=O) groups excluding carboxylic acids is 15. The van der Waals surface area contributed by atoms with Gasteiger partial charge in [0, 0.05) is 39.2 Å². The van der Waals surface area contributed by atoms with E-state index >= 15 is 0 Å². The first kappa shape index (κ1) is 90.9. The van der Waals surface area contributed by atoms with E-state index in [-0.39, 0.29) is 51.6 Å². The van der Waals surface area contributed by atoms with E-state index in [0.29, 0.717) is 17.5 Å². The lowest BCUT2D eigenvalue weighted by Crippen LogP contribution is -2.64. The van der Waals surface area contributed by atoms with Gasteiger partial charge in [0.1, 0.15) is 78.5 Å². The summed E-state index contributed by atoms with van der Waals surface area (Å²) in [6.07, 6.45) is -4.62. The molecule has 2 fully saturated rings. The van der Waals surface area contributed by atoms with Crippen molar-refractivity contribution in [3.63, 3.8) is 0 Å². The fourth-order valence-electron chi connectivity index (χ4n) is 11.9. The molecule has 111 heavy (non-hydrogen) atoms. The van der Waals surface area contributed by atoms with Crippen LogP contribution in [0.4, 0.5) is 0 Å². The summed E-state index contributed by atoms with van der Waals surface area (Å²) < 4.78 is 0. The molecule has 2 aliphatic heterocycles. The molecule has 5 rings (SSSR count). The summed E-state index contributed by atoms with van der Waals surface area (Å²) in [6.45, 7) is 4.73. The third-order valence-electron chi connectivity index (χ3n) is 18.7. The minimum Gasteiger partial charge on any atom is -0.481 e. The van der Waals surface area contributed by atoms with Crippen LogP contribution in [0.2, 0.25) is 0 Å². The van der Waals surface area contributed by atoms with E-state index in [1.807, 2.05) is 30.3 Å². The lowest BCUT2D eigenvalue weighted by atomic mass is 9.99. The maximum atomic E-state index is 14.9. The van der Waals surface area contributed by atoms with Crippen LogP contribution in [0, 0.1) is 5.92 Å². The van der Waals surface area contributed by atoms with Gasteiger partial charge in [0.15, 0.2) is 0 Å². The monoisotopic (exact) mass is 1570 g/mol. The summed E-state index contributed by atoms with van der Waals surface area (Å²) >= 11 is 0.768. The Kier molecular flexibility index (Phi) is 36.3. The Bertz CT molecular complexity index is 3770. The number of amides is 15. The molecule has 20 N–H and O–H groups in total. The molecule has 38 heteroatoms. The molecule has 0 saturated carbocycles. The molecule has 2 aliphatic rings. The van der Waals surface area contributed by atoms with Crippen molar-refractivity contribution in [3.8, 4) is 11.1 Å². The third kappa shape index (κ3) is 27.4. The molecule has 2 heterocycles. The fourth-order valence-corrected chi connectivity index (χ4v) is 12.8. The van der Waals surface area contributed by atoms with Gasteiger partial charge in [-0.3, -0.25) is 76.7 Å². The van der Waals surface area contributed by atoms with Gasteiger partial charge in [0.25, 0.3) is 0 Å². The van der Waals surface area contributed by atoms with E-state index in [1.54, 1.807) is 54.6 Å². The fraction of sp³-hybridized carbons (Fsp3) is 0.534. The van der Waals surface area contributed by atoms with Crippen LogP contribution in [0.25, 0.3) is 11.1 Å². The summed E-state index contributed by atoms with van der Waals surface area (Å²) in [5.74, 6) is -19.2.